The number of hydrogen-bond donors (Lipinski definition) is 1. The van der Waals surface area contributed by atoms with Gasteiger partial charge in [-0.2, -0.15) is 0 Å². The molecule has 0 unspecified atom stereocenters. The van der Waals surface area contributed by atoms with Gasteiger partial charge in [-0.1, -0.05) is 29.8 Å². The SMILES string of the molecule is COc1ccccc1Oc1ccc(Cl)cc1NC(=O)c1cccc(S(=O)(=O)N(C)C)c1. The smallest absolute Gasteiger partial charge is 0.255 e. The summed E-state index contributed by atoms with van der Waals surface area (Å²) in [6, 6.07) is 17.7. The lowest BCUT2D eigenvalue weighted by atomic mass is 10.2. The van der Waals surface area contributed by atoms with Crippen LogP contribution in [0.3, 0.4) is 0 Å². The first-order valence-corrected chi connectivity index (χ1v) is 11.0. The fraction of sp³-hybridized carbons (Fsp3) is 0.136. The third kappa shape index (κ3) is 5.16. The Balaban J connectivity index is 1.91. The lowest BCUT2D eigenvalue weighted by Crippen LogP contribution is -2.22. The van der Waals surface area contributed by atoms with E-state index in [1.54, 1.807) is 36.4 Å². The summed E-state index contributed by atoms with van der Waals surface area (Å²) < 4.78 is 37.1. The van der Waals surface area contributed by atoms with Crippen LogP contribution in [0, 0.1) is 0 Å². The maximum absolute atomic E-state index is 12.9. The average molecular weight is 461 g/mol. The van der Waals surface area contributed by atoms with E-state index in [-0.39, 0.29) is 10.5 Å². The van der Waals surface area contributed by atoms with Gasteiger partial charge >= 0.3 is 0 Å². The van der Waals surface area contributed by atoms with E-state index in [0.717, 1.165) is 4.31 Å². The number of nitrogens with zero attached hydrogens (tertiary/aromatic N) is 1. The van der Waals surface area contributed by atoms with Gasteiger partial charge in [-0.15, -0.1) is 0 Å². The minimum Gasteiger partial charge on any atom is -0.493 e. The van der Waals surface area contributed by atoms with Gasteiger partial charge in [0.05, 0.1) is 17.7 Å². The first-order valence-electron chi connectivity index (χ1n) is 9.16. The number of ether oxygens (including phenoxy) is 2. The maximum atomic E-state index is 12.9. The second-order valence-corrected chi connectivity index (χ2v) is 9.25. The maximum Gasteiger partial charge on any atom is 0.255 e. The number of sulfonamides is 1. The highest BCUT2D eigenvalue weighted by Gasteiger charge is 2.19. The van der Waals surface area contributed by atoms with Crippen molar-refractivity contribution in [3.8, 4) is 17.2 Å². The number of benzene rings is 3. The van der Waals surface area contributed by atoms with Gasteiger partial charge in [0, 0.05) is 24.7 Å². The fourth-order valence-electron chi connectivity index (χ4n) is 2.71. The molecule has 9 heteroatoms. The number of rotatable bonds is 7. The van der Waals surface area contributed by atoms with Gasteiger partial charge < -0.3 is 14.8 Å². The van der Waals surface area contributed by atoms with Crippen molar-refractivity contribution < 1.29 is 22.7 Å². The van der Waals surface area contributed by atoms with Crippen LogP contribution in [0.1, 0.15) is 10.4 Å². The van der Waals surface area contributed by atoms with Crippen LogP contribution in [-0.2, 0) is 10.0 Å². The Kier molecular flexibility index (Phi) is 6.84. The minimum absolute atomic E-state index is 0.0155. The number of anilines is 1. The van der Waals surface area contributed by atoms with Crippen LogP contribution in [0.5, 0.6) is 17.2 Å². The molecule has 1 amide bonds. The number of carbonyl (C=O) groups excluding carboxylic acids is 1. The molecule has 0 aliphatic carbocycles. The summed E-state index contributed by atoms with van der Waals surface area (Å²) in [4.78, 5) is 12.9. The van der Waals surface area contributed by atoms with Crippen molar-refractivity contribution in [2.24, 2.45) is 0 Å². The van der Waals surface area contributed by atoms with Gasteiger partial charge in [0.15, 0.2) is 17.2 Å². The van der Waals surface area contributed by atoms with Gasteiger partial charge in [-0.3, -0.25) is 4.79 Å². The monoisotopic (exact) mass is 460 g/mol. The summed E-state index contributed by atoms with van der Waals surface area (Å²) in [5.41, 5.74) is 0.496. The Hall–Kier alpha value is -3.07. The van der Waals surface area contributed by atoms with Crippen LogP contribution in [0.25, 0.3) is 0 Å². The highest BCUT2D eigenvalue weighted by molar-refractivity contribution is 7.89. The van der Waals surface area contributed by atoms with Gasteiger partial charge in [0.1, 0.15) is 0 Å². The van der Waals surface area contributed by atoms with Crippen molar-refractivity contribution in [3.63, 3.8) is 0 Å². The van der Waals surface area contributed by atoms with Crippen LogP contribution < -0.4 is 14.8 Å². The van der Waals surface area contributed by atoms with Gasteiger partial charge in [0.2, 0.25) is 10.0 Å². The Morgan fingerprint density at radius 3 is 2.32 bits per heavy atom. The molecular weight excluding hydrogens is 440 g/mol. The molecule has 0 aliphatic heterocycles. The molecule has 0 bridgehead atoms. The Morgan fingerprint density at radius 1 is 0.935 bits per heavy atom. The number of methoxy groups -OCH3 is 1. The Morgan fingerprint density at radius 2 is 1.65 bits per heavy atom. The molecule has 0 spiro atoms. The molecule has 0 heterocycles. The van der Waals surface area contributed by atoms with E-state index in [1.165, 1.54) is 45.5 Å². The van der Waals surface area contributed by atoms with Gasteiger partial charge in [0.25, 0.3) is 5.91 Å². The van der Waals surface area contributed by atoms with Crippen molar-refractivity contribution >= 4 is 33.2 Å². The predicted octanol–water partition coefficient (Wildman–Crippen LogP) is 4.64. The number of hydrogen-bond acceptors (Lipinski definition) is 5. The first-order chi connectivity index (χ1) is 14.7. The standard InChI is InChI=1S/C22H21ClN2O5S/c1-25(2)31(27,28)17-8-6-7-15(13-17)22(26)24-18-14-16(23)11-12-19(18)30-21-10-5-4-9-20(21)29-3/h4-14H,1-3H3,(H,24,26). The minimum atomic E-state index is -3.68. The Bertz CT molecular complexity index is 1210. The summed E-state index contributed by atoms with van der Waals surface area (Å²) in [7, 11) is 0.706. The highest BCUT2D eigenvalue weighted by Crippen LogP contribution is 2.36. The zero-order valence-electron chi connectivity index (χ0n) is 17.1. The Labute approximate surface area is 186 Å². The number of nitrogens with one attached hydrogen (secondary N) is 1. The predicted molar refractivity (Wildman–Crippen MR) is 120 cm³/mol. The molecule has 0 aromatic heterocycles. The number of amides is 1. The molecular formula is C22H21ClN2O5S. The molecule has 0 atom stereocenters. The zero-order valence-corrected chi connectivity index (χ0v) is 18.7. The van der Waals surface area contributed by atoms with Crippen LogP contribution in [-0.4, -0.2) is 39.8 Å². The molecule has 162 valence electrons. The first kappa shape index (κ1) is 22.6. The molecule has 0 fully saturated rings. The van der Waals surface area contributed by atoms with Crippen LogP contribution in [0.4, 0.5) is 5.69 Å². The van der Waals surface area contributed by atoms with Gasteiger partial charge in [-0.05, 0) is 48.5 Å². The van der Waals surface area contributed by atoms with E-state index >= 15 is 0 Å². The number of carbonyl (C=O) groups is 1. The molecule has 0 radical (unpaired) electrons. The van der Waals surface area contributed by atoms with Crippen LogP contribution in [0.15, 0.2) is 71.6 Å². The van der Waals surface area contributed by atoms with E-state index in [4.69, 9.17) is 21.1 Å². The summed E-state index contributed by atoms with van der Waals surface area (Å²) >= 11 is 6.11. The quantitative estimate of drug-likeness (QED) is 0.555. The number of halogens is 1. The third-order valence-electron chi connectivity index (χ3n) is 4.35. The van der Waals surface area contributed by atoms with E-state index < -0.39 is 15.9 Å². The molecule has 1 N–H and O–H groups in total. The van der Waals surface area contributed by atoms with E-state index in [2.05, 4.69) is 5.32 Å². The molecule has 0 aliphatic rings. The fourth-order valence-corrected chi connectivity index (χ4v) is 3.83. The number of para-hydroxylation sites is 2. The highest BCUT2D eigenvalue weighted by atomic mass is 35.5. The average Bonchev–Trinajstić information content (AvgIpc) is 2.76. The topological polar surface area (TPSA) is 84.9 Å². The summed E-state index contributed by atoms with van der Waals surface area (Å²) in [6.45, 7) is 0. The molecule has 0 saturated heterocycles. The molecule has 3 aromatic rings. The molecule has 0 saturated carbocycles. The molecule has 3 rings (SSSR count). The zero-order chi connectivity index (χ0) is 22.6. The van der Waals surface area contributed by atoms with E-state index in [9.17, 15) is 13.2 Å². The van der Waals surface area contributed by atoms with Crippen molar-refractivity contribution in [2.75, 3.05) is 26.5 Å². The van der Waals surface area contributed by atoms with E-state index in [0.29, 0.717) is 28.0 Å². The third-order valence-corrected chi connectivity index (χ3v) is 6.40. The lowest BCUT2D eigenvalue weighted by Gasteiger charge is -2.15. The van der Waals surface area contributed by atoms with E-state index in [1.807, 2.05) is 6.07 Å². The summed E-state index contributed by atoms with van der Waals surface area (Å²) in [5.74, 6) is 0.820. The van der Waals surface area contributed by atoms with Crippen molar-refractivity contribution in [3.05, 3.63) is 77.3 Å². The normalized spacial score (nSPS) is 11.3. The second-order valence-electron chi connectivity index (χ2n) is 6.66. The second kappa shape index (κ2) is 9.38. The largest absolute Gasteiger partial charge is 0.493 e. The van der Waals surface area contributed by atoms with Crippen molar-refractivity contribution in [1.29, 1.82) is 0 Å². The summed E-state index contributed by atoms with van der Waals surface area (Å²) in [5, 5.41) is 3.13. The lowest BCUT2D eigenvalue weighted by molar-refractivity contribution is 0.102. The van der Waals surface area contributed by atoms with Crippen LogP contribution in [0.2, 0.25) is 5.02 Å². The van der Waals surface area contributed by atoms with Gasteiger partial charge in [-0.25, -0.2) is 12.7 Å². The van der Waals surface area contributed by atoms with Crippen molar-refractivity contribution in [1.82, 2.24) is 4.31 Å². The van der Waals surface area contributed by atoms with Crippen LogP contribution >= 0.6 is 11.6 Å². The molecule has 3 aromatic carbocycles. The molecule has 31 heavy (non-hydrogen) atoms. The molecule has 7 nitrogen and oxygen atoms in total. The summed E-state index contributed by atoms with van der Waals surface area (Å²) in [6.07, 6.45) is 0. The van der Waals surface area contributed by atoms with Crippen molar-refractivity contribution in [2.45, 2.75) is 4.90 Å².